The molecule has 2 fully saturated rings. The first kappa shape index (κ1) is 13.3. The van der Waals surface area contributed by atoms with Crippen molar-refractivity contribution in [1.29, 1.82) is 0 Å². The van der Waals surface area contributed by atoms with Crippen molar-refractivity contribution in [3.05, 3.63) is 0 Å². The number of ether oxygens (including phenoxy) is 2. The van der Waals surface area contributed by atoms with Crippen molar-refractivity contribution in [2.45, 2.75) is 25.4 Å². The largest absolute Gasteiger partial charge is 0.480 e. The molecule has 2 unspecified atom stereocenters. The van der Waals surface area contributed by atoms with Gasteiger partial charge in [-0.25, -0.2) is 0 Å². The van der Waals surface area contributed by atoms with Gasteiger partial charge in [0.05, 0.1) is 25.9 Å². The minimum absolute atomic E-state index is 0.0332. The van der Waals surface area contributed by atoms with E-state index in [9.17, 15) is 9.59 Å². The molecule has 2 heterocycles. The van der Waals surface area contributed by atoms with Crippen LogP contribution in [0.5, 0.6) is 0 Å². The van der Waals surface area contributed by atoms with Gasteiger partial charge in [0.2, 0.25) is 5.91 Å². The molecule has 0 bridgehead atoms. The third-order valence-corrected chi connectivity index (χ3v) is 3.46. The molecule has 2 aliphatic rings. The van der Waals surface area contributed by atoms with Crippen LogP contribution in [0.4, 0.5) is 0 Å². The molecule has 0 aromatic carbocycles. The molecule has 6 nitrogen and oxygen atoms in total. The van der Waals surface area contributed by atoms with E-state index >= 15 is 0 Å². The van der Waals surface area contributed by atoms with E-state index in [-0.39, 0.29) is 24.5 Å². The Bertz CT molecular complexity index is 314. The van der Waals surface area contributed by atoms with Crippen molar-refractivity contribution in [2.75, 3.05) is 32.9 Å². The van der Waals surface area contributed by atoms with Crippen molar-refractivity contribution >= 4 is 11.9 Å². The highest BCUT2D eigenvalue weighted by atomic mass is 16.6. The molecule has 2 rings (SSSR count). The zero-order valence-corrected chi connectivity index (χ0v) is 10.3. The third kappa shape index (κ3) is 3.43. The summed E-state index contributed by atoms with van der Waals surface area (Å²) >= 11 is 0. The number of carbonyl (C=O) groups excluding carboxylic acids is 1. The van der Waals surface area contributed by atoms with Gasteiger partial charge in [-0.2, -0.15) is 0 Å². The average molecular weight is 257 g/mol. The van der Waals surface area contributed by atoms with E-state index in [1.54, 1.807) is 0 Å². The molecular formula is C12H19NO5. The molecule has 0 spiro atoms. The SMILES string of the molecule is O=C(O)CN1CCC(CCC2COCCO2)C1=O. The van der Waals surface area contributed by atoms with Gasteiger partial charge in [0, 0.05) is 12.5 Å². The number of likely N-dealkylation sites (tertiary alicyclic amines) is 1. The Balaban J connectivity index is 1.73. The number of rotatable bonds is 5. The van der Waals surface area contributed by atoms with E-state index < -0.39 is 5.97 Å². The smallest absolute Gasteiger partial charge is 0.323 e. The molecule has 18 heavy (non-hydrogen) atoms. The second-order valence-electron chi connectivity index (χ2n) is 4.78. The maximum atomic E-state index is 11.9. The molecule has 2 aliphatic heterocycles. The van der Waals surface area contributed by atoms with Crippen LogP contribution in [0.1, 0.15) is 19.3 Å². The van der Waals surface area contributed by atoms with Gasteiger partial charge in [-0.3, -0.25) is 9.59 Å². The van der Waals surface area contributed by atoms with E-state index in [4.69, 9.17) is 14.6 Å². The fourth-order valence-corrected chi connectivity index (χ4v) is 2.48. The highest BCUT2D eigenvalue weighted by molar-refractivity contribution is 5.84. The lowest BCUT2D eigenvalue weighted by molar-refractivity contribution is -0.143. The number of carboxylic acid groups (broad SMARTS) is 1. The Morgan fingerprint density at radius 3 is 2.89 bits per heavy atom. The van der Waals surface area contributed by atoms with E-state index in [1.165, 1.54) is 4.90 Å². The minimum atomic E-state index is -0.951. The number of aliphatic carboxylic acids is 1. The van der Waals surface area contributed by atoms with Gasteiger partial charge in [-0.1, -0.05) is 0 Å². The second kappa shape index (κ2) is 6.15. The normalized spacial score (nSPS) is 28.7. The predicted molar refractivity (Wildman–Crippen MR) is 62.1 cm³/mol. The molecular weight excluding hydrogens is 238 g/mol. The Kier molecular flexibility index (Phi) is 4.54. The molecule has 1 N–H and O–H groups in total. The Morgan fingerprint density at radius 2 is 2.22 bits per heavy atom. The Morgan fingerprint density at radius 1 is 1.39 bits per heavy atom. The van der Waals surface area contributed by atoms with Gasteiger partial charge in [0.15, 0.2) is 0 Å². The highest BCUT2D eigenvalue weighted by Crippen LogP contribution is 2.24. The van der Waals surface area contributed by atoms with E-state index in [0.29, 0.717) is 26.4 Å². The number of hydrogen-bond donors (Lipinski definition) is 1. The Hall–Kier alpha value is -1.14. The fourth-order valence-electron chi connectivity index (χ4n) is 2.48. The monoisotopic (exact) mass is 257 g/mol. The molecule has 0 aromatic rings. The number of nitrogens with zero attached hydrogens (tertiary/aromatic N) is 1. The zero-order valence-electron chi connectivity index (χ0n) is 10.3. The summed E-state index contributed by atoms with van der Waals surface area (Å²) in [5.74, 6) is -1.03. The molecule has 2 saturated heterocycles. The summed E-state index contributed by atoms with van der Waals surface area (Å²) in [5, 5.41) is 8.68. The maximum Gasteiger partial charge on any atom is 0.323 e. The van der Waals surface area contributed by atoms with Gasteiger partial charge in [-0.05, 0) is 19.3 Å². The van der Waals surface area contributed by atoms with Crippen molar-refractivity contribution < 1.29 is 24.2 Å². The van der Waals surface area contributed by atoms with Crippen LogP contribution >= 0.6 is 0 Å². The molecule has 0 aliphatic carbocycles. The van der Waals surface area contributed by atoms with Crippen molar-refractivity contribution in [1.82, 2.24) is 4.90 Å². The minimum Gasteiger partial charge on any atom is -0.480 e. The summed E-state index contributed by atoms with van der Waals surface area (Å²) in [6, 6.07) is 0. The lowest BCUT2D eigenvalue weighted by Gasteiger charge is -2.23. The zero-order chi connectivity index (χ0) is 13.0. The van der Waals surface area contributed by atoms with Gasteiger partial charge in [0.1, 0.15) is 6.54 Å². The van der Waals surface area contributed by atoms with Crippen LogP contribution in [0.25, 0.3) is 0 Å². The highest BCUT2D eigenvalue weighted by Gasteiger charge is 2.32. The van der Waals surface area contributed by atoms with Crippen molar-refractivity contribution in [2.24, 2.45) is 5.92 Å². The van der Waals surface area contributed by atoms with Crippen molar-refractivity contribution in [3.63, 3.8) is 0 Å². The lowest BCUT2D eigenvalue weighted by atomic mass is 9.99. The number of carbonyl (C=O) groups is 2. The summed E-state index contributed by atoms with van der Waals surface area (Å²) in [6.07, 6.45) is 2.39. The molecule has 1 amide bonds. The number of amides is 1. The maximum absolute atomic E-state index is 11.9. The summed E-state index contributed by atoms with van der Waals surface area (Å²) in [6.45, 7) is 2.23. The van der Waals surface area contributed by atoms with Gasteiger partial charge in [0.25, 0.3) is 0 Å². The topological polar surface area (TPSA) is 76.1 Å². The number of hydrogen-bond acceptors (Lipinski definition) is 4. The molecule has 2 atom stereocenters. The first-order valence-corrected chi connectivity index (χ1v) is 6.36. The third-order valence-electron chi connectivity index (χ3n) is 3.46. The summed E-state index contributed by atoms with van der Waals surface area (Å²) in [7, 11) is 0. The van der Waals surface area contributed by atoms with Crippen LogP contribution < -0.4 is 0 Å². The molecule has 102 valence electrons. The van der Waals surface area contributed by atoms with Crippen LogP contribution in [0.15, 0.2) is 0 Å². The summed E-state index contributed by atoms with van der Waals surface area (Å²) in [5.41, 5.74) is 0. The second-order valence-corrected chi connectivity index (χ2v) is 4.78. The van der Waals surface area contributed by atoms with Gasteiger partial charge < -0.3 is 19.5 Å². The number of carboxylic acids is 1. The van der Waals surface area contributed by atoms with Crippen molar-refractivity contribution in [3.8, 4) is 0 Å². The van der Waals surface area contributed by atoms with Crippen LogP contribution in [-0.2, 0) is 19.1 Å². The summed E-state index contributed by atoms with van der Waals surface area (Å²) < 4.78 is 10.8. The summed E-state index contributed by atoms with van der Waals surface area (Å²) in [4.78, 5) is 23.9. The van der Waals surface area contributed by atoms with Crippen LogP contribution in [0, 0.1) is 5.92 Å². The van der Waals surface area contributed by atoms with E-state index in [1.807, 2.05) is 0 Å². The van der Waals surface area contributed by atoms with Crippen LogP contribution in [0.3, 0.4) is 0 Å². The first-order valence-electron chi connectivity index (χ1n) is 6.36. The fraction of sp³-hybridized carbons (Fsp3) is 0.833. The molecule has 0 aromatic heterocycles. The van der Waals surface area contributed by atoms with E-state index in [0.717, 1.165) is 19.3 Å². The average Bonchev–Trinajstić information content (AvgIpc) is 2.69. The van der Waals surface area contributed by atoms with Gasteiger partial charge >= 0.3 is 5.97 Å². The van der Waals surface area contributed by atoms with Gasteiger partial charge in [-0.15, -0.1) is 0 Å². The standard InChI is InChI=1S/C12H19NO5/c14-11(15)7-13-4-3-9(12(13)16)1-2-10-8-17-5-6-18-10/h9-10H,1-8H2,(H,14,15). The van der Waals surface area contributed by atoms with Crippen LogP contribution in [0.2, 0.25) is 0 Å². The van der Waals surface area contributed by atoms with E-state index in [2.05, 4.69) is 0 Å². The molecule has 6 heteroatoms. The van der Waals surface area contributed by atoms with Crippen LogP contribution in [-0.4, -0.2) is 60.9 Å². The quantitative estimate of drug-likeness (QED) is 0.756. The Labute approximate surface area is 106 Å². The predicted octanol–water partition coefficient (Wildman–Crippen LogP) is 0.115. The molecule has 0 radical (unpaired) electrons. The lowest BCUT2D eigenvalue weighted by Crippen LogP contribution is -2.33. The first-order chi connectivity index (χ1) is 8.66. The molecule has 0 saturated carbocycles.